The zero-order valence-electron chi connectivity index (χ0n) is 9.71. The SMILES string of the molecule is Cc1ccc(S(=O)(=O)Cl)cc1.O=C(O)O.[H-].[K+]. The minimum atomic E-state index is -3.55. The number of hydrogen-bond acceptors (Lipinski definition) is 3. The largest absolute Gasteiger partial charge is 1.00 e. The Morgan fingerprint density at radius 2 is 1.56 bits per heavy atom. The molecule has 1 aromatic carbocycles. The molecule has 0 radical (unpaired) electrons. The topological polar surface area (TPSA) is 91.7 Å². The summed E-state index contributed by atoms with van der Waals surface area (Å²) in [7, 11) is 1.54. The van der Waals surface area contributed by atoms with E-state index < -0.39 is 15.2 Å². The molecule has 8 heteroatoms. The summed E-state index contributed by atoms with van der Waals surface area (Å²) in [6.07, 6.45) is -1.83. The van der Waals surface area contributed by atoms with Gasteiger partial charge in [-0.3, -0.25) is 0 Å². The number of benzene rings is 1. The van der Waals surface area contributed by atoms with Crippen LogP contribution in [0.15, 0.2) is 29.2 Å². The first-order valence-corrected chi connectivity index (χ1v) is 5.97. The quantitative estimate of drug-likeness (QED) is 0.525. The molecule has 0 amide bonds. The van der Waals surface area contributed by atoms with Crippen molar-refractivity contribution in [3.05, 3.63) is 29.8 Å². The summed E-state index contributed by atoms with van der Waals surface area (Å²) in [5.41, 5.74) is 1.01. The van der Waals surface area contributed by atoms with Crippen LogP contribution in [-0.2, 0) is 9.05 Å². The molecular formula is C8H10ClKO5S. The van der Waals surface area contributed by atoms with Gasteiger partial charge in [0.2, 0.25) is 0 Å². The molecule has 0 spiro atoms. The zero-order chi connectivity index (χ0) is 12.1. The van der Waals surface area contributed by atoms with Crippen molar-refractivity contribution in [2.75, 3.05) is 0 Å². The van der Waals surface area contributed by atoms with Gasteiger partial charge in [-0.2, -0.15) is 0 Å². The van der Waals surface area contributed by atoms with Crippen molar-refractivity contribution in [1.82, 2.24) is 0 Å². The Morgan fingerprint density at radius 1 is 1.25 bits per heavy atom. The summed E-state index contributed by atoms with van der Waals surface area (Å²) in [4.78, 5) is 8.70. The second-order valence-electron chi connectivity index (χ2n) is 2.53. The first-order valence-electron chi connectivity index (χ1n) is 3.66. The third kappa shape index (κ3) is 9.58. The molecule has 0 unspecified atom stereocenters. The molecule has 0 heterocycles. The van der Waals surface area contributed by atoms with Crippen molar-refractivity contribution in [2.24, 2.45) is 0 Å². The van der Waals surface area contributed by atoms with Crippen LogP contribution in [0.2, 0.25) is 0 Å². The Labute approximate surface area is 142 Å². The van der Waals surface area contributed by atoms with Crippen LogP contribution in [-0.4, -0.2) is 24.8 Å². The maximum Gasteiger partial charge on any atom is 1.00 e. The molecule has 0 bridgehead atoms. The van der Waals surface area contributed by atoms with Gasteiger partial charge in [0, 0.05) is 10.7 Å². The minimum Gasteiger partial charge on any atom is -1.00 e. The van der Waals surface area contributed by atoms with E-state index >= 15 is 0 Å². The van der Waals surface area contributed by atoms with E-state index in [9.17, 15) is 8.42 Å². The molecule has 0 saturated heterocycles. The Kier molecular flexibility index (Phi) is 9.90. The Balaban J connectivity index is -0.000000289. The second-order valence-corrected chi connectivity index (χ2v) is 5.10. The monoisotopic (exact) mass is 292 g/mol. The van der Waals surface area contributed by atoms with Crippen LogP contribution >= 0.6 is 10.7 Å². The normalized spacial score (nSPS) is 9.38. The first-order chi connectivity index (χ1) is 6.73. The average Bonchev–Trinajstić information content (AvgIpc) is 2.01. The Hall–Kier alpha value is 0.366. The van der Waals surface area contributed by atoms with E-state index in [-0.39, 0.29) is 57.7 Å². The maximum atomic E-state index is 10.7. The van der Waals surface area contributed by atoms with Crippen molar-refractivity contribution in [1.29, 1.82) is 0 Å². The molecule has 5 nitrogen and oxygen atoms in total. The van der Waals surface area contributed by atoms with Gasteiger partial charge in [-0.05, 0) is 19.1 Å². The standard InChI is InChI=1S/C7H7ClO2S.CH2O3.K.H/c1-6-2-4-7(5-3-6)11(8,9)10;2-1(3)4;;/h2-5H,1H3;(H2,2,3,4);;/q;;+1;-1. The molecule has 1 rings (SSSR count). The van der Waals surface area contributed by atoms with E-state index in [1.807, 2.05) is 6.92 Å². The fourth-order valence-electron chi connectivity index (χ4n) is 0.701. The van der Waals surface area contributed by atoms with Crippen LogP contribution in [0, 0.1) is 6.92 Å². The predicted octanol–water partition coefficient (Wildman–Crippen LogP) is -0.739. The summed E-state index contributed by atoms with van der Waals surface area (Å²) in [6, 6.07) is 6.37. The van der Waals surface area contributed by atoms with Crippen LogP contribution in [0.3, 0.4) is 0 Å². The van der Waals surface area contributed by atoms with Gasteiger partial charge in [0.1, 0.15) is 0 Å². The molecule has 16 heavy (non-hydrogen) atoms. The summed E-state index contributed by atoms with van der Waals surface area (Å²) in [5.74, 6) is 0. The fraction of sp³-hybridized carbons (Fsp3) is 0.125. The molecule has 0 aliphatic rings. The van der Waals surface area contributed by atoms with Gasteiger partial charge in [-0.1, -0.05) is 17.7 Å². The number of hydrogen-bond donors (Lipinski definition) is 2. The van der Waals surface area contributed by atoms with E-state index in [1.165, 1.54) is 12.1 Å². The molecule has 0 saturated carbocycles. The first kappa shape index (κ1) is 18.7. The van der Waals surface area contributed by atoms with Crippen LogP contribution in [0.5, 0.6) is 0 Å². The molecule has 0 aliphatic carbocycles. The van der Waals surface area contributed by atoms with Gasteiger partial charge < -0.3 is 11.6 Å². The maximum absolute atomic E-state index is 10.7. The molecular weight excluding hydrogens is 283 g/mol. The van der Waals surface area contributed by atoms with Gasteiger partial charge in [0.15, 0.2) is 0 Å². The number of halogens is 1. The third-order valence-corrected chi connectivity index (χ3v) is 2.67. The number of aryl methyl sites for hydroxylation is 1. The van der Waals surface area contributed by atoms with Crippen LogP contribution in [0.4, 0.5) is 4.79 Å². The minimum absolute atomic E-state index is 0. The number of rotatable bonds is 1. The summed E-state index contributed by atoms with van der Waals surface area (Å²) in [5, 5.41) is 13.9. The predicted molar refractivity (Wildman–Crippen MR) is 56.0 cm³/mol. The van der Waals surface area contributed by atoms with Gasteiger partial charge in [-0.25, -0.2) is 13.2 Å². The number of carboxylic acid groups (broad SMARTS) is 2. The summed E-state index contributed by atoms with van der Waals surface area (Å²) >= 11 is 0. The van der Waals surface area contributed by atoms with Crippen LogP contribution in [0.1, 0.15) is 6.99 Å². The third-order valence-electron chi connectivity index (χ3n) is 1.30. The number of carbonyl (C=O) groups is 1. The molecule has 0 fully saturated rings. The summed E-state index contributed by atoms with van der Waals surface area (Å²) in [6.45, 7) is 1.88. The molecule has 2 N–H and O–H groups in total. The second kappa shape index (κ2) is 8.46. The van der Waals surface area contributed by atoms with Crippen molar-refractivity contribution >= 4 is 25.9 Å². The van der Waals surface area contributed by atoms with Gasteiger partial charge in [-0.15, -0.1) is 0 Å². The van der Waals surface area contributed by atoms with Gasteiger partial charge >= 0.3 is 57.5 Å². The smallest absolute Gasteiger partial charge is 1.00 e. The zero-order valence-corrected chi connectivity index (χ0v) is 13.4. The molecule has 0 aliphatic heterocycles. The Bertz CT molecular complexity index is 430. The Morgan fingerprint density at radius 3 is 1.81 bits per heavy atom. The van der Waals surface area contributed by atoms with E-state index in [4.69, 9.17) is 25.7 Å². The van der Waals surface area contributed by atoms with Gasteiger partial charge in [0.05, 0.1) is 4.90 Å². The van der Waals surface area contributed by atoms with Gasteiger partial charge in [0.25, 0.3) is 9.05 Å². The van der Waals surface area contributed by atoms with Crippen molar-refractivity contribution in [3.63, 3.8) is 0 Å². The molecule has 1 aromatic rings. The van der Waals surface area contributed by atoms with Crippen LogP contribution < -0.4 is 51.4 Å². The molecule has 86 valence electrons. The van der Waals surface area contributed by atoms with Crippen molar-refractivity contribution in [2.45, 2.75) is 11.8 Å². The van der Waals surface area contributed by atoms with Crippen LogP contribution in [0.25, 0.3) is 0 Å². The fourth-order valence-corrected chi connectivity index (χ4v) is 1.47. The average molecular weight is 293 g/mol. The van der Waals surface area contributed by atoms with Crippen molar-refractivity contribution in [3.8, 4) is 0 Å². The van der Waals surface area contributed by atoms with E-state index in [2.05, 4.69) is 0 Å². The molecule has 0 aromatic heterocycles. The van der Waals surface area contributed by atoms with E-state index in [0.717, 1.165) is 5.56 Å². The van der Waals surface area contributed by atoms with Crippen molar-refractivity contribution < 1.29 is 76.2 Å². The molecule has 0 atom stereocenters. The van der Waals surface area contributed by atoms with E-state index in [0.29, 0.717) is 0 Å². The van der Waals surface area contributed by atoms with E-state index in [1.54, 1.807) is 12.1 Å². The summed E-state index contributed by atoms with van der Waals surface area (Å²) < 4.78 is 21.4.